The highest BCUT2D eigenvalue weighted by atomic mass is 16.4. The van der Waals surface area contributed by atoms with Crippen molar-refractivity contribution in [2.24, 2.45) is 5.73 Å². The van der Waals surface area contributed by atoms with Crippen LogP contribution in [0.3, 0.4) is 0 Å². The first-order valence-electron chi connectivity index (χ1n) is 14.0. The zero-order valence-electron chi connectivity index (χ0n) is 24.1. The molecule has 3 amide bonds. The van der Waals surface area contributed by atoms with Gasteiger partial charge in [0, 0.05) is 36.4 Å². The molecule has 0 bridgehead atoms. The van der Waals surface area contributed by atoms with Crippen molar-refractivity contribution in [3.05, 3.63) is 65.9 Å². The summed E-state index contributed by atoms with van der Waals surface area (Å²) in [6, 6.07) is 7.51. The summed E-state index contributed by atoms with van der Waals surface area (Å²) in [5, 5.41) is 45.2. The summed E-state index contributed by atoms with van der Waals surface area (Å²) < 4.78 is 0. The number of fused-ring (bicyclic) bond motifs is 1. The lowest BCUT2D eigenvalue weighted by Gasteiger charge is -2.25. The molecule has 3 rings (SSSR count). The summed E-state index contributed by atoms with van der Waals surface area (Å²) in [6.07, 6.45) is -0.296. The summed E-state index contributed by atoms with van der Waals surface area (Å²) in [5.74, 6) is -6.59. The number of nitrogens with two attached hydrogens (primary N) is 1. The molecule has 0 aliphatic carbocycles. The van der Waals surface area contributed by atoms with Crippen molar-refractivity contribution in [3.63, 3.8) is 0 Å². The van der Waals surface area contributed by atoms with E-state index in [0.29, 0.717) is 11.1 Å². The van der Waals surface area contributed by atoms with E-state index in [1.807, 2.05) is 0 Å². The average molecular weight is 626 g/mol. The van der Waals surface area contributed by atoms with Gasteiger partial charge >= 0.3 is 17.9 Å². The van der Waals surface area contributed by atoms with E-state index in [9.17, 15) is 44.1 Å². The maximum atomic E-state index is 13.5. The van der Waals surface area contributed by atoms with Gasteiger partial charge in [0.05, 0.1) is 6.04 Å². The third-order valence-electron chi connectivity index (χ3n) is 7.00. The van der Waals surface area contributed by atoms with Gasteiger partial charge in [0.2, 0.25) is 17.7 Å². The first kappa shape index (κ1) is 34.1. The van der Waals surface area contributed by atoms with Gasteiger partial charge in [-0.2, -0.15) is 0 Å². The van der Waals surface area contributed by atoms with E-state index in [2.05, 4.69) is 20.9 Å². The minimum Gasteiger partial charge on any atom is -0.508 e. The lowest BCUT2D eigenvalue weighted by molar-refractivity contribution is -0.143. The smallest absolute Gasteiger partial charge is 0.326 e. The van der Waals surface area contributed by atoms with Crippen LogP contribution in [-0.2, 0) is 41.6 Å². The number of aromatic hydroxyl groups is 1. The summed E-state index contributed by atoms with van der Waals surface area (Å²) in [4.78, 5) is 76.9. The van der Waals surface area contributed by atoms with E-state index >= 15 is 0 Å². The molecule has 3 aromatic rings. The number of hydrogen-bond donors (Lipinski definition) is 9. The predicted octanol–water partition coefficient (Wildman–Crippen LogP) is 0.255. The molecule has 1 aromatic heterocycles. The molecule has 45 heavy (non-hydrogen) atoms. The van der Waals surface area contributed by atoms with Gasteiger partial charge < -0.3 is 47.1 Å². The molecule has 15 nitrogen and oxygen atoms in total. The number of carbonyl (C=O) groups is 6. The highest BCUT2D eigenvalue weighted by Crippen LogP contribution is 2.20. The first-order valence-corrected chi connectivity index (χ1v) is 14.0. The van der Waals surface area contributed by atoms with E-state index < -0.39 is 79.1 Å². The Labute approximate surface area is 256 Å². The number of aromatic nitrogens is 1. The minimum atomic E-state index is -1.57. The van der Waals surface area contributed by atoms with Crippen molar-refractivity contribution in [2.45, 2.75) is 62.7 Å². The van der Waals surface area contributed by atoms with Crippen LogP contribution in [-0.4, -0.2) is 85.2 Å². The van der Waals surface area contributed by atoms with Crippen LogP contribution < -0.4 is 21.7 Å². The van der Waals surface area contributed by atoms with Crippen LogP contribution in [0.5, 0.6) is 5.75 Å². The third-order valence-corrected chi connectivity index (χ3v) is 7.00. The van der Waals surface area contributed by atoms with Crippen LogP contribution in [0.1, 0.15) is 36.8 Å². The molecule has 0 spiro atoms. The minimum absolute atomic E-state index is 0.0185. The van der Waals surface area contributed by atoms with Crippen LogP contribution in [0.25, 0.3) is 10.9 Å². The monoisotopic (exact) mass is 625 g/mol. The number of carboxylic acid groups (broad SMARTS) is 3. The van der Waals surface area contributed by atoms with E-state index in [4.69, 9.17) is 10.8 Å². The maximum absolute atomic E-state index is 13.5. The van der Waals surface area contributed by atoms with Gasteiger partial charge in [0.15, 0.2) is 0 Å². The van der Waals surface area contributed by atoms with E-state index in [1.54, 1.807) is 42.6 Å². The van der Waals surface area contributed by atoms with E-state index in [-0.39, 0.29) is 25.0 Å². The number of phenolic OH excluding ortho intramolecular Hbond substituents is 1. The predicted molar refractivity (Wildman–Crippen MR) is 159 cm³/mol. The van der Waals surface area contributed by atoms with Crippen LogP contribution in [0.15, 0.2) is 54.7 Å². The molecule has 10 N–H and O–H groups in total. The van der Waals surface area contributed by atoms with Crippen LogP contribution in [0, 0.1) is 0 Å². The van der Waals surface area contributed by atoms with Crippen molar-refractivity contribution < 1.29 is 49.2 Å². The third kappa shape index (κ3) is 10.4. The molecule has 1 heterocycles. The topological polar surface area (TPSA) is 261 Å². The Morgan fingerprint density at radius 2 is 1.27 bits per heavy atom. The van der Waals surface area contributed by atoms with Gasteiger partial charge in [-0.05, 0) is 48.6 Å². The Morgan fingerprint density at radius 3 is 1.89 bits per heavy atom. The maximum Gasteiger partial charge on any atom is 0.326 e. The van der Waals surface area contributed by atoms with Crippen LogP contribution >= 0.6 is 0 Å². The van der Waals surface area contributed by atoms with Crippen molar-refractivity contribution in [1.29, 1.82) is 0 Å². The van der Waals surface area contributed by atoms with Gasteiger partial charge in [-0.25, -0.2) is 4.79 Å². The SMILES string of the molecule is NC(Cc1ccc(O)cc1)C(=O)NC(CCC(=O)O)C(=O)NC(Cc1c[nH]c2ccccc12)C(=O)NC(CCC(=O)O)C(=O)O. The largest absolute Gasteiger partial charge is 0.508 e. The van der Waals surface area contributed by atoms with E-state index in [1.165, 1.54) is 12.1 Å². The molecule has 4 atom stereocenters. The number of carbonyl (C=O) groups excluding carboxylic acids is 3. The number of carboxylic acids is 3. The quantitative estimate of drug-likeness (QED) is 0.0982. The zero-order valence-corrected chi connectivity index (χ0v) is 24.1. The second-order valence-corrected chi connectivity index (χ2v) is 10.4. The number of para-hydroxylation sites is 1. The number of phenols is 1. The molecule has 0 aliphatic rings. The summed E-state index contributed by atoms with van der Waals surface area (Å²) in [6.45, 7) is 0. The lowest BCUT2D eigenvalue weighted by Crippen LogP contribution is -2.57. The number of amides is 3. The fourth-order valence-corrected chi connectivity index (χ4v) is 4.59. The van der Waals surface area contributed by atoms with Crippen LogP contribution in [0.2, 0.25) is 0 Å². The zero-order chi connectivity index (χ0) is 33.1. The molecule has 2 aromatic carbocycles. The number of aliphatic carboxylic acids is 3. The number of rotatable bonds is 17. The van der Waals surface area contributed by atoms with Gasteiger partial charge in [-0.15, -0.1) is 0 Å². The number of aromatic amines is 1. The van der Waals surface area contributed by atoms with Gasteiger partial charge in [0.1, 0.15) is 23.9 Å². The standard InChI is InChI=1S/C30H35N5O10/c31-20(13-16-5-7-18(36)8-6-16)27(41)33-22(9-11-25(37)38)28(42)35-24(14-17-15-32-21-4-2-1-3-19(17)21)29(43)34-23(30(44)45)10-12-26(39)40/h1-8,15,20,22-24,32,36H,9-14,31H2,(H,33,41)(H,34,43)(H,35,42)(H,37,38)(H,39,40)(H,44,45). The lowest BCUT2D eigenvalue weighted by atomic mass is 10.0. The number of nitrogens with one attached hydrogen (secondary N) is 4. The normalized spacial score (nSPS) is 13.6. The molecule has 0 saturated heterocycles. The number of benzene rings is 2. The summed E-state index contributed by atoms with van der Waals surface area (Å²) >= 11 is 0. The first-order chi connectivity index (χ1) is 21.3. The van der Waals surface area contributed by atoms with E-state index in [0.717, 1.165) is 10.9 Å². The average Bonchev–Trinajstić information content (AvgIpc) is 3.40. The molecule has 240 valence electrons. The molecule has 0 radical (unpaired) electrons. The fourth-order valence-electron chi connectivity index (χ4n) is 4.59. The Balaban J connectivity index is 1.83. The van der Waals surface area contributed by atoms with Crippen molar-refractivity contribution in [1.82, 2.24) is 20.9 Å². The number of hydrogen-bond acceptors (Lipinski definition) is 8. The highest BCUT2D eigenvalue weighted by molar-refractivity contribution is 5.95. The highest BCUT2D eigenvalue weighted by Gasteiger charge is 2.31. The molecule has 0 saturated carbocycles. The van der Waals surface area contributed by atoms with Gasteiger partial charge in [0.25, 0.3) is 0 Å². The second-order valence-electron chi connectivity index (χ2n) is 10.4. The summed E-state index contributed by atoms with van der Waals surface area (Å²) in [5.41, 5.74) is 7.97. The molecular weight excluding hydrogens is 590 g/mol. The molecule has 0 fully saturated rings. The molecular formula is C30H35N5O10. The molecule has 15 heteroatoms. The summed E-state index contributed by atoms with van der Waals surface area (Å²) in [7, 11) is 0. The van der Waals surface area contributed by atoms with Gasteiger partial charge in [-0.1, -0.05) is 30.3 Å². The van der Waals surface area contributed by atoms with Crippen molar-refractivity contribution in [2.75, 3.05) is 0 Å². The molecule has 4 unspecified atom stereocenters. The Hall–Kier alpha value is -5.44. The fraction of sp³-hybridized carbons (Fsp3) is 0.333. The number of H-pyrrole nitrogens is 1. The Bertz CT molecular complexity index is 1540. The molecule has 0 aliphatic heterocycles. The van der Waals surface area contributed by atoms with Crippen molar-refractivity contribution in [3.8, 4) is 5.75 Å². The van der Waals surface area contributed by atoms with Gasteiger partial charge in [-0.3, -0.25) is 24.0 Å². The second kappa shape index (κ2) is 15.9. The Kier molecular flexibility index (Phi) is 12.0. The Morgan fingerprint density at radius 1 is 0.711 bits per heavy atom. The van der Waals surface area contributed by atoms with Crippen molar-refractivity contribution >= 4 is 46.5 Å². The van der Waals surface area contributed by atoms with Crippen LogP contribution in [0.4, 0.5) is 0 Å².